The third kappa shape index (κ3) is 4.50. The molecular weight excluding hydrogens is 336 g/mol. The van der Waals surface area contributed by atoms with Gasteiger partial charge in [0.25, 0.3) is 5.91 Å². The van der Waals surface area contributed by atoms with E-state index in [1.165, 1.54) is 17.3 Å². The predicted octanol–water partition coefficient (Wildman–Crippen LogP) is 4.29. The van der Waals surface area contributed by atoms with E-state index in [1.807, 2.05) is 50.9 Å². The van der Waals surface area contributed by atoms with Crippen molar-refractivity contribution >= 4 is 17.4 Å². The molecular formula is C22H24N4O. The standard InChI is InChI=1S/C22H24N4O/c1-15-10-16(2)21(17(3)11-15)25-22(27)19-12-24-20(13-23-19)26(4)14-18-8-6-5-7-9-18/h5-13H,14H2,1-4H3,(H,25,27). The van der Waals surface area contributed by atoms with Gasteiger partial charge < -0.3 is 10.2 Å². The normalized spacial score (nSPS) is 10.5. The number of hydrogen-bond acceptors (Lipinski definition) is 4. The summed E-state index contributed by atoms with van der Waals surface area (Å²) in [6, 6.07) is 14.3. The van der Waals surface area contributed by atoms with Gasteiger partial charge >= 0.3 is 0 Å². The van der Waals surface area contributed by atoms with Crippen molar-refractivity contribution in [3.8, 4) is 0 Å². The van der Waals surface area contributed by atoms with Gasteiger partial charge in [-0.1, -0.05) is 48.0 Å². The fraction of sp³-hybridized carbons (Fsp3) is 0.227. The van der Waals surface area contributed by atoms with E-state index >= 15 is 0 Å². The molecule has 0 fully saturated rings. The van der Waals surface area contributed by atoms with Crippen LogP contribution in [-0.4, -0.2) is 22.9 Å². The first-order chi connectivity index (χ1) is 12.9. The van der Waals surface area contributed by atoms with Gasteiger partial charge in [-0.25, -0.2) is 9.97 Å². The van der Waals surface area contributed by atoms with Gasteiger partial charge in [0.15, 0.2) is 0 Å². The number of carbonyl (C=O) groups excluding carboxylic acids is 1. The second-order valence-corrected chi connectivity index (χ2v) is 6.83. The molecule has 138 valence electrons. The molecule has 5 nitrogen and oxygen atoms in total. The molecule has 0 bridgehead atoms. The Morgan fingerprint density at radius 3 is 2.26 bits per heavy atom. The Bertz CT molecular complexity index is 913. The molecule has 5 heteroatoms. The van der Waals surface area contributed by atoms with Crippen LogP contribution in [0.15, 0.2) is 54.9 Å². The summed E-state index contributed by atoms with van der Waals surface area (Å²) in [6.45, 7) is 6.75. The van der Waals surface area contributed by atoms with Gasteiger partial charge in [0.2, 0.25) is 0 Å². The highest BCUT2D eigenvalue weighted by Crippen LogP contribution is 2.22. The smallest absolute Gasteiger partial charge is 0.275 e. The van der Waals surface area contributed by atoms with E-state index in [-0.39, 0.29) is 5.91 Å². The average molecular weight is 360 g/mol. The maximum atomic E-state index is 12.5. The van der Waals surface area contributed by atoms with Crippen molar-refractivity contribution in [3.05, 3.63) is 82.8 Å². The van der Waals surface area contributed by atoms with Gasteiger partial charge in [-0.3, -0.25) is 4.79 Å². The summed E-state index contributed by atoms with van der Waals surface area (Å²) in [7, 11) is 1.95. The first-order valence-electron chi connectivity index (χ1n) is 8.90. The van der Waals surface area contributed by atoms with E-state index in [0.717, 1.165) is 29.2 Å². The summed E-state index contributed by atoms with van der Waals surface area (Å²) in [6.07, 6.45) is 3.15. The number of nitrogens with zero attached hydrogens (tertiary/aromatic N) is 3. The lowest BCUT2D eigenvalue weighted by Gasteiger charge is -2.18. The summed E-state index contributed by atoms with van der Waals surface area (Å²) in [5.41, 5.74) is 5.56. The number of nitrogens with one attached hydrogen (secondary N) is 1. The molecule has 0 saturated heterocycles. The molecule has 3 rings (SSSR count). The van der Waals surface area contributed by atoms with Crippen LogP contribution in [0.3, 0.4) is 0 Å². The molecule has 27 heavy (non-hydrogen) atoms. The highest BCUT2D eigenvalue weighted by Gasteiger charge is 2.13. The Morgan fingerprint density at radius 2 is 1.67 bits per heavy atom. The number of aromatic nitrogens is 2. The van der Waals surface area contributed by atoms with Crippen LogP contribution in [0.5, 0.6) is 0 Å². The molecule has 3 aromatic rings. The molecule has 0 unspecified atom stereocenters. The third-order valence-corrected chi connectivity index (χ3v) is 4.44. The number of hydrogen-bond donors (Lipinski definition) is 1. The Labute approximate surface area is 160 Å². The van der Waals surface area contributed by atoms with Crippen LogP contribution in [0, 0.1) is 20.8 Å². The van der Waals surface area contributed by atoms with Crippen LogP contribution in [0.4, 0.5) is 11.5 Å². The van der Waals surface area contributed by atoms with E-state index in [0.29, 0.717) is 5.69 Å². The maximum Gasteiger partial charge on any atom is 0.275 e. The molecule has 0 saturated carbocycles. The Hall–Kier alpha value is -3.21. The summed E-state index contributed by atoms with van der Waals surface area (Å²) < 4.78 is 0. The van der Waals surface area contributed by atoms with Crippen molar-refractivity contribution in [2.45, 2.75) is 27.3 Å². The molecule has 0 aliphatic heterocycles. The molecule has 1 aromatic heterocycles. The van der Waals surface area contributed by atoms with Gasteiger partial charge in [0.05, 0.1) is 12.4 Å². The lowest BCUT2D eigenvalue weighted by atomic mass is 10.1. The van der Waals surface area contributed by atoms with Crippen LogP contribution in [0.1, 0.15) is 32.7 Å². The summed E-state index contributed by atoms with van der Waals surface area (Å²) in [5, 5.41) is 2.96. The van der Waals surface area contributed by atoms with Crippen molar-refractivity contribution in [1.82, 2.24) is 9.97 Å². The lowest BCUT2D eigenvalue weighted by molar-refractivity contribution is 0.102. The molecule has 0 spiro atoms. The number of benzene rings is 2. The SMILES string of the molecule is Cc1cc(C)c(NC(=O)c2cnc(N(C)Cc3ccccc3)cn2)c(C)c1. The van der Waals surface area contributed by atoms with Gasteiger partial charge in [-0.05, 0) is 37.5 Å². The van der Waals surface area contributed by atoms with E-state index in [4.69, 9.17) is 0 Å². The lowest BCUT2D eigenvalue weighted by Crippen LogP contribution is -2.20. The first-order valence-corrected chi connectivity index (χ1v) is 8.90. The molecule has 0 atom stereocenters. The van der Waals surface area contributed by atoms with Gasteiger partial charge in [0, 0.05) is 19.3 Å². The summed E-state index contributed by atoms with van der Waals surface area (Å²) >= 11 is 0. The molecule has 0 radical (unpaired) electrons. The highest BCUT2D eigenvalue weighted by molar-refractivity contribution is 6.03. The second-order valence-electron chi connectivity index (χ2n) is 6.83. The quantitative estimate of drug-likeness (QED) is 0.737. The van der Waals surface area contributed by atoms with Crippen LogP contribution in [0.25, 0.3) is 0 Å². The molecule has 2 aromatic carbocycles. The average Bonchev–Trinajstić information content (AvgIpc) is 2.65. The van der Waals surface area contributed by atoms with E-state index < -0.39 is 0 Å². The number of rotatable bonds is 5. The number of anilines is 2. The maximum absolute atomic E-state index is 12.5. The third-order valence-electron chi connectivity index (χ3n) is 4.44. The van der Waals surface area contributed by atoms with Crippen molar-refractivity contribution in [2.75, 3.05) is 17.3 Å². The molecule has 1 heterocycles. The van der Waals surface area contributed by atoms with Crippen LogP contribution < -0.4 is 10.2 Å². The Kier molecular flexibility index (Phi) is 5.50. The zero-order valence-electron chi connectivity index (χ0n) is 16.2. The zero-order valence-corrected chi connectivity index (χ0v) is 16.2. The number of carbonyl (C=O) groups is 1. The Morgan fingerprint density at radius 1 is 1.00 bits per heavy atom. The minimum Gasteiger partial charge on any atom is -0.354 e. The molecule has 1 N–H and O–H groups in total. The summed E-state index contributed by atoms with van der Waals surface area (Å²) in [4.78, 5) is 23.2. The molecule has 0 aliphatic rings. The van der Waals surface area contributed by atoms with Crippen molar-refractivity contribution < 1.29 is 4.79 Å². The first kappa shape index (κ1) is 18.6. The van der Waals surface area contributed by atoms with E-state index in [9.17, 15) is 4.79 Å². The van der Waals surface area contributed by atoms with Gasteiger partial charge in [-0.15, -0.1) is 0 Å². The molecule has 0 aliphatic carbocycles. The van der Waals surface area contributed by atoms with Crippen molar-refractivity contribution in [3.63, 3.8) is 0 Å². The predicted molar refractivity (Wildman–Crippen MR) is 109 cm³/mol. The van der Waals surface area contributed by atoms with E-state index in [1.54, 1.807) is 6.20 Å². The monoisotopic (exact) mass is 360 g/mol. The van der Waals surface area contributed by atoms with Crippen molar-refractivity contribution in [2.24, 2.45) is 0 Å². The minimum absolute atomic E-state index is 0.255. The topological polar surface area (TPSA) is 58.1 Å². The van der Waals surface area contributed by atoms with Crippen LogP contribution >= 0.6 is 0 Å². The van der Waals surface area contributed by atoms with E-state index in [2.05, 4.69) is 39.6 Å². The van der Waals surface area contributed by atoms with Crippen LogP contribution in [-0.2, 0) is 6.54 Å². The fourth-order valence-electron chi connectivity index (χ4n) is 3.13. The second kappa shape index (κ2) is 7.99. The largest absolute Gasteiger partial charge is 0.354 e. The minimum atomic E-state index is -0.255. The van der Waals surface area contributed by atoms with Gasteiger partial charge in [0.1, 0.15) is 11.5 Å². The Balaban J connectivity index is 1.70. The van der Waals surface area contributed by atoms with Gasteiger partial charge in [-0.2, -0.15) is 0 Å². The zero-order chi connectivity index (χ0) is 19.4. The summed E-state index contributed by atoms with van der Waals surface area (Å²) in [5.74, 6) is 0.466. The van der Waals surface area contributed by atoms with Crippen LogP contribution in [0.2, 0.25) is 0 Å². The highest BCUT2D eigenvalue weighted by atomic mass is 16.1. The fourth-order valence-corrected chi connectivity index (χ4v) is 3.13. The molecule has 1 amide bonds. The number of aryl methyl sites for hydroxylation is 3. The number of amides is 1. The van der Waals surface area contributed by atoms with Crippen molar-refractivity contribution in [1.29, 1.82) is 0 Å².